The number of benzene rings is 2. The van der Waals surface area contributed by atoms with Gasteiger partial charge < -0.3 is 25.2 Å². The van der Waals surface area contributed by atoms with E-state index < -0.39 is 12.0 Å². The predicted octanol–water partition coefficient (Wildman–Crippen LogP) is 3.12. The van der Waals surface area contributed by atoms with E-state index in [4.69, 9.17) is 14.6 Å². The SMILES string of the molecule is O=C(CC1CC=CCCC(Cc2ccccc2)C(=O)OC(c2ccccc2)CNC1=O)NCCOCCO. The zero-order chi connectivity index (χ0) is 27.0. The lowest BCUT2D eigenvalue weighted by Gasteiger charge is -2.23. The van der Waals surface area contributed by atoms with Crippen molar-refractivity contribution in [1.82, 2.24) is 10.6 Å². The Balaban J connectivity index is 1.72. The highest BCUT2D eigenvalue weighted by Gasteiger charge is 2.27. The van der Waals surface area contributed by atoms with Crippen molar-refractivity contribution >= 4 is 17.8 Å². The number of cyclic esters (lactones) is 1. The summed E-state index contributed by atoms with van der Waals surface area (Å²) in [7, 11) is 0. The van der Waals surface area contributed by atoms with E-state index in [1.54, 1.807) is 0 Å². The quantitative estimate of drug-likeness (QED) is 0.251. The largest absolute Gasteiger partial charge is 0.455 e. The van der Waals surface area contributed by atoms with Gasteiger partial charge >= 0.3 is 5.97 Å². The third kappa shape index (κ3) is 10.1. The average molecular weight is 523 g/mol. The van der Waals surface area contributed by atoms with Gasteiger partial charge in [-0.15, -0.1) is 0 Å². The minimum Gasteiger partial charge on any atom is -0.455 e. The highest BCUT2D eigenvalue weighted by Crippen LogP contribution is 2.24. The summed E-state index contributed by atoms with van der Waals surface area (Å²) >= 11 is 0. The zero-order valence-corrected chi connectivity index (χ0v) is 21.7. The van der Waals surface area contributed by atoms with E-state index in [9.17, 15) is 14.4 Å². The molecule has 204 valence electrons. The van der Waals surface area contributed by atoms with Gasteiger partial charge in [-0.1, -0.05) is 72.8 Å². The van der Waals surface area contributed by atoms with E-state index in [0.717, 1.165) is 11.1 Å². The van der Waals surface area contributed by atoms with E-state index in [-0.39, 0.29) is 56.5 Å². The van der Waals surface area contributed by atoms with Crippen molar-refractivity contribution in [3.63, 3.8) is 0 Å². The second-order valence-corrected chi connectivity index (χ2v) is 9.34. The Morgan fingerprint density at radius 1 is 1.00 bits per heavy atom. The molecule has 2 aromatic rings. The van der Waals surface area contributed by atoms with E-state index >= 15 is 0 Å². The highest BCUT2D eigenvalue weighted by atomic mass is 16.5. The average Bonchev–Trinajstić information content (AvgIpc) is 2.95. The lowest BCUT2D eigenvalue weighted by molar-refractivity contribution is -0.155. The van der Waals surface area contributed by atoms with Crippen LogP contribution in [0.2, 0.25) is 0 Å². The van der Waals surface area contributed by atoms with Crippen molar-refractivity contribution in [1.29, 1.82) is 0 Å². The number of rotatable bonds is 10. The van der Waals surface area contributed by atoms with Crippen LogP contribution < -0.4 is 10.6 Å². The molecule has 2 aromatic carbocycles. The number of aliphatic hydroxyl groups excluding tert-OH is 1. The fourth-order valence-corrected chi connectivity index (χ4v) is 4.36. The molecule has 0 saturated heterocycles. The summed E-state index contributed by atoms with van der Waals surface area (Å²) in [6, 6.07) is 19.3. The molecule has 3 unspecified atom stereocenters. The third-order valence-electron chi connectivity index (χ3n) is 6.43. The van der Waals surface area contributed by atoms with Crippen LogP contribution >= 0.6 is 0 Å². The molecule has 38 heavy (non-hydrogen) atoms. The van der Waals surface area contributed by atoms with Gasteiger partial charge in [0.1, 0.15) is 6.10 Å². The molecule has 8 heteroatoms. The lowest BCUT2D eigenvalue weighted by atomic mass is 9.94. The molecule has 0 saturated carbocycles. The summed E-state index contributed by atoms with van der Waals surface area (Å²) < 4.78 is 11.2. The summed E-state index contributed by atoms with van der Waals surface area (Å²) in [6.45, 7) is 0.846. The molecule has 3 rings (SSSR count). The lowest BCUT2D eigenvalue weighted by Crippen LogP contribution is -2.38. The van der Waals surface area contributed by atoms with Gasteiger partial charge in [-0.05, 0) is 36.8 Å². The number of hydrogen-bond acceptors (Lipinski definition) is 6. The third-order valence-corrected chi connectivity index (χ3v) is 6.43. The van der Waals surface area contributed by atoms with Gasteiger partial charge in [0.2, 0.25) is 11.8 Å². The van der Waals surface area contributed by atoms with Gasteiger partial charge in [0.25, 0.3) is 0 Å². The summed E-state index contributed by atoms with van der Waals surface area (Å²) in [5, 5.41) is 14.4. The Morgan fingerprint density at radius 2 is 1.74 bits per heavy atom. The molecule has 1 heterocycles. The van der Waals surface area contributed by atoms with Crippen LogP contribution in [0, 0.1) is 11.8 Å². The number of carbonyl (C=O) groups is 3. The van der Waals surface area contributed by atoms with E-state index in [1.165, 1.54) is 0 Å². The highest BCUT2D eigenvalue weighted by molar-refractivity contribution is 5.86. The first-order valence-corrected chi connectivity index (χ1v) is 13.2. The van der Waals surface area contributed by atoms with E-state index in [2.05, 4.69) is 10.6 Å². The van der Waals surface area contributed by atoms with Crippen molar-refractivity contribution in [2.24, 2.45) is 11.8 Å². The molecule has 0 bridgehead atoms. The van der Waals surface area contributed by atoms with Gasteiger partial charge in [-0.3, -0.25) is 14.4 Å². The molecule has 0 spiro atoms. The number of allylic oxidation sites excluding steroid dienone is 2. The van der Waals surface area contributed by atoms with Crippen LogP contribution in [0.4, 0.5) is 0 Å². The topological polar surface area (TPSA) is 114 Å². The molecule has 8 nitrogen and oxygen atoms in total. The van der Waals surface area contributed by atoms with Gasteiger partial charge in [-0.2, -0.15) is 0 Å². The molecule has 2 amide bonds. The second-order valence-electron chi connectivity index (χ2n) is 9.34. The molecule has 3 N–H and O–H groups in total. The molecule has 0 aromatic heterocycles. The van der Waals surface area contributed by atoms with Crippen molar-refractivity contribution in [2.75, 3.05) is 32.9 Å². The van der Waals surface area contributed by atoms with Crippen molar-refractivity contribution in [2.45, 2.75) is 38.2 Å². The van der Waals surface area contributed by atoms with Crippen LogP contribution in [0.25, 0.3) is 0 Å². The predicted molar refractivity (Wildman–Crippen MR) is 144 cm³/mol. The molecule has 0 radical (unpaired) electrons. The van der Waals surface area contributed by atoms with Crippen molar-refractivity contribution < 1.29 is 29.0 Å². The maximum Gasteiger partial charge on any atom is 0.309 e. The standard InChI is InChI=1S/C30H38N2O6/c33-17-19-37-18-16-31-28(34)21-25-14-8-3-9-15-26(20-23-10-4-1-5-11-23)30(36)38-27(22-32-29(25)35)24-12-6-2-7-13-24/h1-8,10-13,25-27,33H,9,14-22H2,(H,31,34)(H,32,35). The Morgan fingerprint density at radius 3 is 2.47 bits per heavy atom. The molecule has 0 aliphatic carbocycles. The van der Waals surface area contributed by atoms with Gasteiger partial charge in [-0.25, -0.2) is 0 Å². The second kappa shape index (κ2) is 16.4. The van der Waals surface area contributed by atoms with Gasteiger partial charge in [0.05, 0.1) is 38.2 Å². The Kier molecular flexibility index (Phi) is 12.5. The monoisotopic (exact) mass is 522 g/mol. The molecule has 3 atom stereocenters. The fraction of sp³-hybridized carbons (Fsp3) is 0.433. The first-order chi connectivity index (χ1) is 18.6. The zero-order valence-electron chi connectivity index (χ0n) is 21.7. The van der Waals surface area contributed by atoms with Gasteiger partial charge in [0, 0.05) is 13.0 Å². The maximum absolute atomic E-state index is 13.3. The van der Waals surface area contributed by atoms with Crippen LogP contribution in [-0.2, 0) is 30.3 Å². The number of amides is 2. The molecule has 1 aliphatic rings. The van der Waals surface area contributed by atoms with Crippen LogP contribution in [0.3, 0.4) is 0 Å². The minimum atomic E-state index is -0.641. The molecule has 0 fully saturated rings. The Labute approximate surface area is 224 Å². The smallest absolute Gasteiger partial charge is 0.309 e. The van der Waals surface area contributed by atoms with E-state index in [0.29, 0.717) is 32.2 Å². The Hall–Kier alpha value is -3.49. The number of ether oxygens (including phenoxy) is 2. The fourth-order valence-electron chi connectivity index (χ4n) is 4.36. The first-order valence-electron chi connectivity index (χ1n) is 13.2. The number of hydrogen-bond donors (Lipinski definition) is 3. The number of aliphatic hydroxyl groups is 1. The maximum atomic E-state index is 13.3. The van der Waals surface area contributed by atoms with Gasteiger partial charge in [0.15, 0.2) is 0 Å². The first kappa shape index (κ1) is 29.1. The number of esters is 1. The van der Waals surface area contributed by atoms with Crippen LogP contribution in [0.1, 0.15) is 42.9 Å². The van der Waals surface area contributed by atoms with Crippen LogP contribution in [-0.4, -0.2) is 55.8 Å². The summed E-state index contributed by atoms with van der Waals surface area (Å²) in [4.78, 5) is 38.9. The normalized spacial score (nSPS) is 20.8. The summed E-state index contributed by atoms with van der Waals surface area (Å²) in [6.07, 6.45) is 5.54. The minimum absolute atomic E-state index is 0.0304. The van der Waals surface area contributed by atoms with Crippen LogP contribution in [0.15, 0.2) is 72.8 Å². The summed E-state index contributed by atoms with van der Waals surface area (Å²) in [5.74, 6) is -1.68. The van der Waals surface area contributed by atoms with E-state index in [1.807, 2.05) is 72.8 Å². The summed E-state index contributed by atoms with van der Waals surface area (Å²) in [5.41, 5.74) is 1.87. The number of carbonyl (C=O) groups excluding carboxylic acids is 3. The van der Waals surface area contributed by atoms with Crippen molar-refractivity contribution in [3.8, 4) is 0 Å². The molecule has 1 aliphatic heterocycles. The molecular weight excluding hydrogens is 484 g/mol. The van der Waals surface area contributed by atoms with Crippen molar-refractivity contribution in [3.05, 3.63) is 83.9 Å². The Bertz CT molecular complexity index is 1030. The molecular formula is C30H38N2O6. The van der Waals surface area contributed by atoms with Crippen LogP contribution in [0.5, 0.6) is 0 Å². The number of nitrogens with one attached hydrogen (secondary N) is 2.